The van der Waals surface area contributed by atoms with Crippen LogP contribution in [-0.2, 0) is 9.59 Å². The number of amides is 3. The molecule has 0 aliphatic carbocycles. The van der Waals surface area contributed by atoms with Crippen molar-refractivity contribution >= 4 is 50.1 Å². The van der Waals surface area contributed by atoms with Gasteiger partial charge in [-0.1, -0.05) is 46.3 Å². The zero-order valence-corrected chi connectivity index (χ0v) is 18.1. The van der Waals surface area contributed by atoms with Crippen molar-refractivity contribution in [2.24, 2.45) is 0 Å². The van der Waals surface area contributed by atoms with E-state index in [0.717, 1.165) is 20.8 Å². The third-order valence-electron chi connectivity index (χ3n) is 4.56. The van der Waals surface area contributed by atoms with E-state index in [0.29, 0.717) is 11.3 Å². The Labute approximate surface area is 183 Å². The number of hydrogen-bond acceptors (Lipinski definition) is 3. The molecule has 30 heavy (non-hydrogen) atoms. The number of fused-ring (bicyclic) bond motifs is 1. The number of hydrogen-bond donors (Lipinski definition) is 3. The van der Waals surface area contributed by atoms with E-state index in [2.05, 4.69) is 31.9 Å². The molecule has 0 aliphatic rings. The summed E-state index contributed by atoms with van der Waals surface area (Å²) in [7, 11) is 0. The molecule has 0 saturated carbocycles. The van der Waals surface area contributed by atoms with Crippen LogP contribution in [0.15, 0.2) is 65.1 Å². The van der Waals surface area contributed by atoms with Gasteiger partial charge in [0.1, 0.15) is 0 Å². The molecule has 0 fully saturated rings. The number of carbonyl (C=O) groups excluding carboxylic acids is 3. The van der Waals surface area contributed by atoms with Crippen molar-refractivity contribution in [3.63, 3.8) is 0 Å². The lowest BCUT2D eigenvalue weighted by atomic mass is 10.1. The van der Waals surface area contributed by atoms with Crippen LogP contribution in [0, 0.1) is 6.92 Å². The third kappa shape index (κ3) is 5.90. The fraction of sp³-hybridized carbons (Fsp3) is 0.174. The molecule has 3 amide bonds. The summed E-state index contributed by atoms with van der Waals surface area (Å²) in [5, 5.41) is 10.1. The van der Waals surface area contributed by atoms with Crippen molar-refractivity contribution in [2.75, 3.05) is 18.4 Å². The first-order valence-corrected chi connectivity index (χ1v) is 10.3. The monoisotopic (exact) mass is 467 g/mol. The van der Waals surface area contributed by atoms with Gasteiger partial charge in [0.05, 0.1) is 6.54 Å². The quantitative estimate of drug-likeness (QED) is 0.493. The van der Waals surface area contributed by atoms with Gasteiger partial charge in [-0.15, -0.1) is 0 Å². The van der Waals surface area contributed by atoms with Gasteiger partial charge in [-0.3, -0.25) is 14.4 Å². The van der Waals surface area contributed by atoms with E-state index in [9.17, 15) is 14.4 Å². The molecular weight excluding hydrogens is 446 g/mol. The van der Waals surface area contributed by atoms with Gasteiger partial charge in [0.25, 0.3) is 5.91 Å². The van der Waals surface area contributed by atoms with Crippen LogP contribution in [0.1, 0.15) is 22.3 Å². The van der Waals surface area contributed by atoms with Crippen molar-refractivity contribution in [1.82, 2.24) is 10.6 Å². The standard InChI is InChI=1S/C23H22BrN3O3/c1-15-12-19(24)8-9-20(15)27-22(29)14-26-21(28)10-11-25-23(30)18-7-6-16-4-2-3-5-17(16)13-18/h2-9,12-13H,10-11,14H2,1H3,(H,25,30)(H,26,28)(H,27,29). The molecule has 3 rings (SSSR count). The molecule has 6 nitrogen and oxygen atoms in total. The van der Waals surface area contributed by atoms with Crippen molar-refractivity contribution in [3.05, 3.63) is 76.3 Å². The van der Waals surface area contributed by atoms with Crippen LogP contribution >= 0.6 is 15.9 Å². The van der Waals surface area contributed by atoms with Crippen molar-refractivity contribution < 1.29 is 14.4 Å². The minimum absolute atomic E-state index is 0.0872. The van der Waals surface area contributed by atoms with E-state index in [4.69, 9.17) is 0 Å². The highest BCUT2D eigenvalue weighted by molar-refractivity contribution is 9.10. The summed E-state index contributed by atoms with van der Waals surface area (Å²) < 4.78 is 0.928. The number of rotatable bonds is 7. The van der Waals surface area contributed by atoms with Gasteiger partial charge in [-0.2, -0.15) is 0 Å². The Kier molecular flexibility index (Phi) is 7.19. The summed E-state index contributed by atoms with van der Waals surface area (Å²) in [6, 6.07) is 18.8. The Bertz CT molecular complexity index is 1100. The van der Waals surface area contributed by atoms with Crippen LogP contribution in [0.5, 0.6) is 0 Å². The van der Waals surface area contributed by atoms with Gasteiger partial charge < -0.3 is 16.0 Å². The maximum absolute atomic E-state index is 12.3. The van der Waals surface area contributed by atoms with E-state index in [1.54, 1.807) is 12.1 Å². The highest BCUT2D eigenvalue weighted by Crippen LogP contribution is 2.19. The number of nitrogens with one attached hydrogen (secondary N) is 3. The molecule has 0 bridgehead atoms. The Morgan fingerprint density at radius 2 is 1.63 bits per heavy atom. The highest BCUT2D eigenvalue weighted by Gasteiger charge is 2.10. The molecule has 0 heterocycles. The second-order valence-corrected chi connectivity index (χ2v) is 7.77. The van der Waals surface area contributed by atoms with Crippen LogP contribution in [0.2, 0.25) is 0 Å². The first-order valence-electron chi connectivity index (χ1n) is 9.52. The smallest absolute Gasteiger partial charge is 0.251 e. The molecule has 0 aromatic heterocycles. The normalized spacial score (nSPS) is 10.5. The van der Waals surface area contributed by atoms with Crippen LogP contribution in [0.3, 0.4) is 0 Å². The van der Waals surface area contributed by atoms with Crippen LogP contribution in [0.4, 0.5) is 5.69 Å². The van der Waals surface area contributed by atoms with Crippen LogP contribution in [0.25, 0.3) is 10.8 Å². The van der Waals surface area contributed by atoms with Gasteiger partial charge in [0, 0.05) is 28.7 Å². The minimum Gasteiger partial charge on any atom is -0.352 e. The largest absolute Gasteiger partial charge is 0.352 e. The fourth-order valence-corrected chi connectivity index (χ4v) is 3.43. The summed E-state index contributed by atoms with van der Waals surface area (Å²) >= 11 is 3.37. The third-order valence-corrected chi connectivity index (χ3v) is 5.05. The highest BCUT2D eigenvalue weighted by atomic mass is 79.9. The summed E-state index contributed by atoms with van der Waals surface area (Å²) in [5.41, 5.74) is 2.15. The summed E-state index contributed by atoms with van der Waals surface area (Å²) in [6.45, 7) is 1.94. The summed E-state index contributed by atoms with van der Waals surface area (Å²) in [6.07, 6.45) is 0.0872. The molecule has 154 valence electrons. The molecule has 0 aliphatic heterocycles. The molecule has 3 aromatic carbocycles. The van der Waals surface area contributed by atoms with Gasteiger partial charge >= 0.3 is 0 Å². The maximum atomic E-state index is 12.3. The molecule has 7 heteroatoms. The van der Waals surface area contributed by atoms with E-state index in [1.165, 1.54) is 0 Å². The average Bonchev–Trinajstić information content (AvgIpc) is 2.74. The van der Waals surface area contributed by atoms with Gasteiger partial charge in [0.2, 0.25) is 11.8 Å². The molecule has 0 saturated heterocycles. The van der Waals surface area contributed by atoms with Crippen molar-refractivity contribution in [3.8, 4) is 0 Å². The fourth-order valence-electron chi connectivity index (χ4n) is 2.95. The van der Waals surface area contributed by atoms with Crippen LogP contribution in [-0.4, -0.2) is 30.8 Å². The lowest BCUT2D eigenvalue weighted by Gasteiger charge is -2.10. The first-order chi connectivity index (χ1) is 14.4. The van der Waals surface area contributed by atoms with Gasteiger partial charge in [-0.05, 0) is 53.6 Å². The molecule has 0 atom stereocenters. The average molecular weight is 468 g/mol. The lowest BCUT2D eigenvalue weighted by Crippen LogP contribution is -2.35. The van der Waals surface area contributed by atoms with E-state index < -0.39 is 0 Å². The SMILES string of the molecule is Cc1cc(Br)ccc1NC(=O)CNC(=O)CCNC(=O)c1ccc2ccccc2c1. The number of aryl methyl sites for hydroxylation is 1. The van der Waals surface area contributed by atoms with Gasteiger partial charge in [0.15, 0.2) is 0 Å². The Balaban J connectivity index is 1.40. The zero-order chi connectivity index (χ0) is 21.5. The van der Waals surface area contributed by atoms with E-state index in [-0.39, 0.29) is 37.2 Å². The Morgan fingerprint density at radius 1 is 0.867 bits per heavy atom. The van der Waals surface area contributed by atoms with E-state index >= 15 is 0 Å². The summed E-state index contributed by atoms with van der Waals surface area (Å²) in [5.74, 6) is -0.859. The predicted molar refractivity (Wildman–Crippen MR) is 121 cm³/mol. The minimum atomic E-state index is -0.311. The molecule has 3 aromatic rings. The van der Waals surface area contributed by atoms with Crippen molar-refractivity contribution in [2.45, 2.75) is 13.3 Å². The molecule has 3 N–H and O–H groups in total. The summed E-state index contributed by atoms with van der Waals surface area (Å²) in [4.78, 5) is 36.3. The van der Waals surface area contributed by atoms with Crippen LogP contribution < -0.4 is 16.0 Å². The van der Waals surface area contributed by atoms with Gasteiger partial charge in [-0.25, -0.2) is 0 Å². The number of carbonyl (C=O) groups is 3. The second-order valence-electron chi connectivity index (χ2n) is 6.85. The Hall–Kier alpha value is -3.19. The first kappa shape index (κ1) is 21.5. The maximum Gasteiger partial charge on any atom is 0.251 e. The lowest BCUT2D eigenvalue weighted by molar-refractivity contribution is -0.124. The molecule has 0 spiro atoms. The number of benzene rings is 3. The van der Waals surface area contributed by atoms with E-state index in [1.807, 2.05) is 55.5 Å². The number of halogens is 1. The molecule has 0 radical (unpaired) electrons. The topological polar surface area (TPSA) is 87.3 Å². The molecule has 0 unspecified atom stereocenters. The molecular formula is C23H22BrN3O3. The van der Waals surface area contributed by atoms with Crippen molar-refractivity contribution in [1.29, 1.82) is 0 Å². The Morgan fingerprint density at radius 3 is 2.40 bits per heavy atom. The zero-order valence-electron chi connectivity index (χ0n) is 16.5. The number of anilines is 1. The second kappa shape index (κ2) is 10.0. The predicted octanol–water partition coefficient (Wildman–Crippen LogP) is 3.79.